The normalized spacial score (nSPS) is 10.7. The number of anilines is 1. The fourth-order valence-corrected chi connectivity index (χ4v) is 1.48. The number of rotatable bonds is 2. The third-order valence-corrected chi connectivity index (χ3v) is 2.43. The summed E-state index contributed by atoms with van der Waals surface area (Å²) in [4.78, 5) is 11.1. The highest BCUT2D eigenvalue weighted by Crippen LogP contribution is 2.20. The van der Waals surface area contributed by atoms with Crippen LogP contribution in [0.1, 0.15) is 11.1 Å². The number of benzene rings is 1. The second-order valence-corrected chi connectivity index (χ2v) is 3.79. The molecule has 0 unspecified atom stereocenters. The van der Waals surface area contributed by atoms with Crippen molar-refractivity contribution in [2.45, 2.75) is 0 Å². The number of carbonyl (C=O) groups is 1. The molecule has 5 heteroatoms. The van der Waals surface area contributed by atoms with Gasteiger partial charge in [-0.1, -0.05) is 6.07 Å². The summed E-state index contributed by atoms with van der Waals surface area (Å²) in [5, 5.41) is 8.66. The molecule has 0 spiro atoms. The van der Waals surface area contributed by atoms with Crippen molar-refractivity contribution in [3.8, 4) is 6.07 Å². The first-order chi connectivity index (χ1) is 7.58. The molecule has 0 atom stereocenters. The summed E-state index contributed by atoms with van der Waals surface area (Å²) in [6.45, 7) is 0. The smallest absolute Gasteiger partial charge is 0.344 e. The third kappa shape index (κ3) is 2.84. The van der Waals surface area contributed by atoms with Crippen LogP contribution < -0.4 is 5.73 Å². The summed E-state index contributed by atoms with van der Waals surface area (Å²) in [5.41, 5.74) is 7.27. The lowest BCUT2D eigenvalue weighted by Crippen LogP contribution is -1.99. The van der Waals surface area contributed by atoms with Crippen molar-refractivity contribution in [1.82, 2.24) is 0 Å². The van der Waals surface area contributed by atoms with E-state index in [2.05, 4.69) is 20.7 Å². The van der Waals surface area contributed by atoms with Crippen LogP contribution in [-0.4, -0.2) is 13.1 Å². The molecule has 0 saturated heterocycles. The molecule has 0 aliphatic heterocycles. The Bertz CT molecular complexity index is 489. The molecule has 0 amide bonds. The van der Waals surface area contributed by atoms with E-state index >= 15 is 0 Å². The molecule has 1 rings (SSSR count). The van der Waals surface area contributed by atoms with Crippen LogP contribution in [0.15, 0.2) is 22.7 Å². The topological polar surface area (TPSA) is 76.1 Å². The molecular formula is C11H9BrN2O2. The highest BCUT2D eigenvalue weighted by Gasteiger charge is 2.06. The quantitative estimate of drug-likeness (QED) is 0.511. The minimum Gasteiger partial charge on any atom is -0.465 e. The second-order valence-electron chi connectivity index (χ2n) is 2.94. The lowest BCUT2D eigenvalue weighted by Gasteiger charge is -2.02. The summed E-state index contributed by atoms with van der Waals surface area (Å²) >= 11 is 3.08. The van der Waals surface area contributed by atoms with Gasteiger partial charge in [-0.05, 0) is 39.7 Å². The van der Waals surface area contributed by atoms with Crippen molar-refractivity contribution in [2.75, 3.05) is 12.8 Å². The zero-order valence-corrected chi connectivity index (χ0v) is 10.1. The van der Waals surface area contributed by atoms with Gasteiger partial charge in [0.15, 0.2) is 0 Å². The van der Waals surface area contributed by atoms with Gasteiger partial charge in [-0.15, -0.1) is 0 Å². The van der Waals surface area contributed by atoms with E-state index in [0.29, 0.717) is 16.8 Å². The van der Waals surface area contributed by atoms with Gasteiger partial charge in [0, 0.05) is 5.69 Å². The molecule has 0 saturated carbocycles. The Labute approximate surface area is 101 Å². The average Bonchev–Trinajstić information content (AvgIpc) is 2.30. The number of methoxy groups -OCH3 is 1. The van der Waals surface area contributed by atoms with Crippen molar-refractivity contribution >= 4 is 33.7 Å². The first kappa shape index (κ1) is 12.3. The summed E-state index contributed by atoms with van der Waals surface area (Å²) in [6, 6.07) is 6.81. The van der Waals surface area contributed by atoms with Crippen LogP contribution in [0.25, 0.3) is 6.08 Å². The van der Waals surface area contributed by atoms with E-state index in [-0.39, 0.29) is 4.48 Å². The Morgan fingerprint density at radius 3 is 2.81 bits per heavy atom. The fourth-order valence-electron chi connectivity index (χ4n) is 1.07. The number of nitrogens with two attached hydrogens (primary N) is 1. The van der Waals surface area contributed by atoms with Crippen molar-refractivity contribution in [1.29, 1.82) is 5.26 Å². The largest absolute Gasteiger partial charge is 0.465 e. The van der Waals surface area contributed by atoms with E-state index in [0.717, 1.165) is 0 Å². The number of halogens is 1. The molecule has 16 heavy (non-hydrogen) atoms. The molecule has 0 aliphatic carbocycles. The number of hydrogen-bond donors (Lipinski definition) is 1. The number of nitriles is 1. The Morgan fingerprint density at radius 2 is 2.31 bits per heavy atom. The van der Waals surface area contributed by atoms with Crippen LogP contribution in [0, 0.1) is 11.3 Å². The summed E-state index contributed by atoms with van der Waals surface area (Å²) in [6.07, 6.45) is 1.54. The van der Waals surface area contributed by atoms with E-state index in [4.69, 9.17) is 11.0 Å². The molecule has 0 bridgehead atoms. The first-order valence-electron chi connectivity index (χ1n) is 4.33. The highest BCUT2D eigenvalue weighted by molar-refractivity contribution is 9.12. The predicted molar refractivity (Wildman–Crippen MR) is 64.5 cm³/mol. The molecule has 0 fully saturated rings. The first-order valence-corrected chi connectivity index (χ1v) is 5.13. The lowest BCUT2D eigenvalue weighted by atomic mass is 10.1. The van der Waals surface area contributed by atoms with Crippen molar-refractivity contribution in [3.63, 3.8) is 0 Å². The zero-order chi connectivity index (χ0) is 12.1. The molecule has 0 radical (unpaired) electrons. The summed E-state index contributed by atoms with van der Waals surface area (Å²) in [7, 11) is 1.29. The van der Waals surface area contributed by atoms with Crippen LogP contribution >= 0.6 is 15.9 Å². The molecule has 4 nitrogen and oxygen atoms in total. The maximum Gasteiger partial charge on any atom is 0.344 e. The van der Waals surface area contributed by atoms with Crippen LogP contribution in [0.2, 0.25) is 0 Å². The van der Waals surface area contributed by atoms with E-state index in [9.17, 15) is 4.79 Å². The number of ether oxygens (including phenoxy) is 1. The fraction of sp³-hybridized carbons (Fsp3) is 0.0909. The van der Waals surface area contributed by atoms with Crippen LogP contribution in [0.4, 0.5) is 5.69 Å². The van der Waals surface area contributed by atoms with Gasteiger partial charge in [-0.3, -0.25) is 0 Å². The molecule has 1 aromatic rings. The van der Waals surface area contributed by atoms with Gasteiger partial charge < -0.3 is 10.5 Å². The standard InChI is InChI=1S/C11H9BrN2O2/c1-16-11(15)9(12)5-8-3-2-7(6-13)4-10(8)14/h2-5H,14H2,1H3/b9-5-. The van der Waals surface area contributed by atoms with E-state index in [1.807, 2.05) is 6.07 Å². The Morgan fingerprint density at radius 1 is 1.62 bits per heavy atom. The van der Waals surface area contributed by atoms with Gasteiger partial charge >= 0.3 is 5.97 Å². The van der Waals surface area contributed by atoms with Gasteiger partial charge in [0.1, 0.15) is 4.48 Å². The molecule has 1 aromatic carbocycles. The minimum absolute atomic E-state index is 0.270. The molecule has 0 heterocycles. The highest BCUT2D eigenvalue weighted by atomic mass is 79.9. The minimum atomic E-state index is -0.483. The van der Waals surface area contributed by atoms with E-state index < -0.39 is 5.97 Å². The Hall–Kier alpha value is -1.80. The summed E-state index contributed by atoms with van der Waals surface area (Å²) in [5.74, 6) is -0.483. The Kier molecular flexibility index (Phi) is 4.09. The number of hydrogen-bond acceptors (Lipinski definition) is 4. The molecule has 2 N–H and O–H groups in total. The monoisotopic (exact) mass is 280 g/mol. The van der Waals surface area contributed by atoms with Gasteiger partial charge in [0.05, 0.1) is 18.7 Å². The number of nitrogens with zero attached hydrogens (tertiary/aromatic N) is 1. The van der Waals surface area contributed by atoms with Gasteiger partial charge in [0.2, 0.25) is 0 Å². The Balaban J connectivity index is 3.08. The predicted octanol–water partition coefficient (Wildman–Crippen LogP) is 2.05. The van der Waals surface area contributed by atoms with Crippen LogP contribution in [0.3, 0.4) is 0 Å². The molecular weight excluding hydrogens is 272 g/mol. The number of esters is 1. The average molecular weight is 281 g/mol. The number of carbonyl (C=O) groups excluding carboxylic acids is 1. The van der Waals surface area contributed by atoms with E-state index in [1.54, 1.807) is 24.3 Å². The SMILES string of the molecule is COC(=O)/C(Br)=C/c1ccc(C#N)cc1N. The van der Waals surface area contributed by atoms with Crippen molar-refractivity contribution in [2.24, 2.45) is 0 Å². The van der Waals surface area contributed by atoms with Gasteiger partial charge in [-0.2, -0.15) is 5.26 Å². The summed E-state index contributed by atoms with van der Waals surface area (Å²) < 4.78 is 4.79. The third-order valence-electron chi connectivity index (χ3n) is 1.88. The zero-order valence-electron chi connectivity index (χ0n) is 8.53. The number of nitrogen functional groups attached to an aromatic ring is 1. The van der Waals surface area contributed by atoms with Crippen molar-refractivity contribution < 1.29 is 9.53 Å². The maximum atomic E-state index is 11.1. The van der Waals surface area contributed by atoms with Gasteiger partial charge in [0.25, 0.3) is 0 Å². The molecule has 0 aromatic heterocycles. The van der Waals surface area contributed by atoms with Gasteiger partial charge in [-0.25, -0.2) is 4.79 Å². The second kappa shape index (κ2) is 5.33. The maximum absolute atomic E-state index is 11.1. The lowest BCUT2D eigenvalue weighted by molar-refractivity contribution is -0.135. The van der Waals surface area contributed by atoms with Crippen LogP contribution in [-0.2, 0) is 9.53 Å². The molecule has 82 valence electrons. The van der Waals surface area contributed by atoms with Crippen molar-refractivity contribution in [3.05, 3.63) is 33.8 Å². The van der Waals surface area contributed by atoms with Crippen LogP contribution in [0.5, 0.6) is 0 Å². The molecule has 0 aliphatic rings. The van der Waals surface area contributed by atoms with E-state index in [1.165, 1.54) is 7.11 Å².